The summed E-state index contributed by atoms with van der Waals surface area (Å²) < 4.78 is 1.79. The van der Waals surface area contributed by atoms with E-state index in [4.69, 9.17) is 5.73 Å². The third-order valence-electron chi connectivity index (χ3n) is 2.82. The quantitative estimate of drug-likeness (QED) is 0.703. The highest BCUT2D eigenvalue weighted by atomic mass is 16.2. The van der Waals surface area contributed by atoms with E-state index in [1.807, 2.05) is 6.92 Å². The first-order valence-electron chi connectivity index (χ1n) is 6.26. The third kappa shape index (κ3) is 3.19. The van der Waals surface area contributed by atoms with E-state index in [2.05, 4.69) is 20.3 Å². The number of nitrogens with one attached hydrogen (secondary N) is 2. The summed E-state index contributed by atoms with van der Waals surface area (Å²) in [5, 5.41) is 2.90. The molecule has 7 nitrogen and oxygen atoms in total. The number of hydrogen-bond acceptors (Lipinski definition) is 4. The highest BCUT2D eigenvalue weighted by Crippen LogP contribution is 2.12. The van der Waals surface area contributed by atoms with Crippen molar-refractivity contribution in [2.45, 2.75) is 25.9 Å². The molecule has 0 aliphatic carbocycles. The molecule has 7 heteroatoms. The Bertz CT molecular complexity index is 518. The van der Waals surface area contributed by atoms with Gasteiger partial charge in [0.05, 0.1) is 12.4 Å². The van der Waals surface area contributed by atoms with E-state index in [0.29, 0.717) is 18.8 Å². The van der Waals surface area contributed by atoms with Crippen molar-refractivity contribution < 1.29 is 4.79 Å². The molecule has 2 aromatic heterocycles. The molecular weight excluding hydrogens is 244 g/mol. The predicted octanol–water partition coefficient (Wildman–Crippen LogP) is 0.446. The summed E-state index contributed by atoms with van der Waals surface area (Å²) in [5.74, 6) is 0.538. The Labute approximate surface area is 111 Å². The van der Waals surface area contributed by atoms with Crippen molar-refractivity contribution in [3.05, 3.63) is 36.4 Å². The molecule has 102 valence electrons. The molecule has 0 spiro atoms. The van der Waals surface area contributed by atoms with Gasteiger partial charge in [0, 0.05) is 31.7 Å². The van der Waals surface area contributed by atoms with Crippen molar-refractivity contribution in [1.29, 1.82) is 0 Å². The zero-order valence-corrected chi connectivity index (χ0v) is 10.8. The summed E-state index contributed by atoms with van der Waals surface area (Å²) in [6, 6.07) is -0.137. The van der Waals surface area contributed by atoms with Gasteiger partial charge in [-0.15, -0.1) is 0 Å². The maximum absolute atomic E-state index is 12.1. The van der Waals surface area contributed by atoms with Crippen LogP contribution in [0.3, 0.4) is 0 Å². The molecule has 0 saturated carbocycles. The van der Waals surface area contributed by atoms with Crippen LogP contribution in [0.5, 0.6) is 0 Å². The third-order valence-corrected chi connectivity index (χ3v) is 2.82. The molecule has 0 saturated heterocycles. The summed E-state index contributed by atoms with van der Waals surface area (Å²) in [7, 11) is 0. The number of amides is 1. The molecule has 1 amide bonds. The lowest BCUT2D eigenvalue weighted by atomic mass is 10.2. The number of nitrogens with zero attached hydrogens (tertiary/aromatic N) is 3. The van der Waals surface area contributed by atoms with Crippen molar-refractivity contribution in [1.82, 2.24) is 24.8 Å². The van der Waals surface area contributed by atoms with Gasteiger partial charge in [-0.05, 0) is 6.42 Å². The van der Waals surface area contributed by atoms with Gasteiger partial charge in [0.15, 0.2) is 0 Å². The van der Waals surface area contributed by atoms with E-state index in [-0.39, 0.29) is 11.9 Å². The molecule has 0 aliphatic heterocycles. The molecule has 0 fully saturated rings. The van der Waals surface area contributed by atoms with E-state index in [1.54, 1.807) is 29.5 Å². The normalized spacial score (nSPS) is 12.3. The number of aromatic amines is 1. The first-order valence-corrected chi connectivity index (χ1v) is 6.26. The lowest BCUT2D eigenvalue weighted by Gasteiger charge is -2.13. The van der Waals surface area contributed by atoms with Crippen LogP contribution in [0.4, 0.5) is 0 Å². The van der Waals surface area contributed by atoms with Gasteiger partial charge in [0.2, 0.25) is 0 Å². The summed E-state index contributed by atoms with van der Waals surface area (Å²) >= 11 is 0. The van der Waals surface area contributed by atoms with Gasteiger partial charge in [0.1, 0.15) is 11.5 Å². The average Bonchev–Trinajstić information content (AvgIpc) is 3.07. The average molecular weight is 262 g/mol. The van der Waals surface area contributed by atoms with Crippen LogP contribution in [0.15, 0.2) is 24.9 Å². The van der Waals surface area contributed by atoms with Crippen LogP contribution in [0, 0.1) is 0 Å². The molecule has 19 heavy (non-hydrogen) atoms. The molecule has 1 unspecified atom stereocenters. The van der Waals surface area contributed by atoms with Crippen molar-refractivity contribution in [2.75, 3.05) is 6.54 Å². The minimum atomic E-state index is -0.209. The van der Waals surface area contributed by atoms with Gasteiger partial charge in [-0.3, -0.25) is 4.79 Å². The Morgan fingerprint density at radius 2 is 2.42 bits per heavy atom. The van der Waals surface area contributed by atoms with Crippen molar-refractivity contribution in [3.8, 4) is 0 Å². The van der Waals surface area contributed by atoms with Crippen LogP contribution in [-0.4, -0.2) is 32.0 Å². The number of rotatable bonds is 6. The molecule has 2 aromatic rings. The number of carbonyl (C=O) groups excluding carboxylic acids is 1. The second-order valence-corrected chi connectivity index (χ2v) is 4.19. The maximum Gasteiger partial charge on any atom is 0.272 e. The van der Waals surface area contributed by atoms with Crippen molar-refractivity contribution in [2.24, 2.45) is 5.73 Å². The Balaban J connectivity index is 2.02. The first kappa shape index (κ1) is 13.3. The zero-order chi connectivity index (χ0) is 13.7. The monoisotopic (exact) mass is 262 g/mol. The molecule has 2 rings (SSSR count). The molecule has 2 heterocycles. The standard InChI is InChI=1S/C12H18N6O/c1-2-9(11-14-4-5-15-11)17-12(19)10-7-18(6-3-13)8-16-10/h4-5,7-9H,2-3,6,13H2,1H3,(H,14,15)(H,17,19). The summed E-state index contributed by atoms with van der Waals surface area (Å²) in [5.41, 5.74) is 5.84. The van der Waals surface area contributed by atoms with Crippen LogP contribution in [0.2, 0.25) is 0 Å². The van der Waals surface area contributed by atoms with Crippen molar-refractivity contribution >= 4 is 5.91 Å². The van der Waals surface area contributed by atoms with E-state index < -0.39 is 0 Å². The van der Waals surface area contributed by atoms with Gasteiger partial charge in [0.25, 0.3) is 5.91 Å². The maximum atomic E-state index is 12.1. The van der Waals surface area contributed by atoms with E-state index in [0.717, 1.165) is 12.2 Å². The zero-order valence-electron chi connectivity index (χ0n) is 10.8. The number of nitrogens with two attached hydrogens (primary N) is 1. The SMILES string of the molecule is CCC(NC(=O)c1cn(CCN)cn1)c1ncc[nH]1. The molecule has 1 atom stereocenters. The lowest BCUT2D eigenvalue weighted by Crippen LogP contribution is -2.29. The summed E-state index contributed by atoms with van der Waals surface area (Å²) in [4.78, 5) is 23.3. The number of hydrogen-bond donors (Lipinski definition) is 3. The molecule has 0 radical (unpaired) electrons. The van der Waals surface area contributed by atoms with E-state index in [9.17, 15) is 4.79 Å². The molecule has 0 bridgehead atoms. The second kappa shape index (κ2) is 6.14. The Morgan fingerprint density at radius 3 is 3.05 bits per heavy atom. The van der Waals surface area contributed by atoms with Crippen LogP contribution >= 0.6 is 0 Å². The van der Waals surface area contributed by atoms with Crippen LogP contribution in [-0.2, 0) is 6.54 Å². The number of H-pyrrole nitrogens is 1. The lowest BCUT2D eigenvalue weighted by molar-refractivity contribution is 0.0929. The van der Waals surface area contributed by atoms with Gasteiger partial charge >= 0.3 is 0 Å². The highest BCUT2D eigenvalue weighted by Gasteiger charge is 2.17. The minimum absolute atomic E-state index is 0.137. The fourth-order valence-corrected chi connectivity index (χ4v) is 1.81. The highest BCUT2D eigenvalue weighted by molar-refractivity contribution is 5.92. The van der Waals surface area contributed by atoms with Gasteiger partial charge in [-0.1, -0.05) is 6.92 Å². The van der Waals surface area contributed by atoms with Crippen LogP contribution in [0.25, 0.3) is 0 Å². The molecule has 0 aromatic carbocycles. The summed E-state index contributed by atoms with van der Waals surface area (Å²) in [6.07, 6.45) is 7.45. The Kier molecular flexibility index (Phi) is 4.30. The van der Waals surface area contributed by atoms with Crippen LogP contribution < -0.4 is 11.1 Å². The fourth-order valence-electron chi connectivity index (χ4n) is 1.81. The smallest absolute Gasteiger partial charge is 0.272 e. The van der Waals surface area contributed by atoms with Crippen LogP contribution in [0.1, 0.15) is 35.7 Å². The topological polar surface area (TPSA) is 102 Å². The van der Waals surface area contributed by atoms with Crippen molar-refractivity contribution in [3.63, 3.8) is 0 Å². The Hall–Kier alpha value is -2.15. The van der Waals surface area contributed by atoms with Gasteiger partial charge < -0.3 is 20.6 Å². The fraction of sp³-hybridized carbons (Fsp3) is 0.417. The van der Waals surface area contributed by atoms with Gasteiger partial charge in [-0.2, -0.15) is 0 Å². The molecule has 0 aliphatic rings. The van der Waals surface area contributed by atoms with Gasteiger partial charge in [-0.25, -0.2) is 9.97 Å². The predicted molar refractivity (Wildman–Crippen MR) is 70.4 cm³/mol. The van der Waals surface area contributed by atoms with E-state index >= 15 is 0 Å². The first-order chi connectivity index (χ1) is 9.24. The number of carbonyl (C=O) groups is 1. The largest absolute Gasteiger partial charge is 0.347 e. The minimum Gasteiger partial charge on any atom is -0.347 e. The molecular formula is C12H18N6O. The number of imidazole rings is 2. The van der Waals surface area contributed by atoms with E-state index in [1.165, 1.54) is 0 Å². The second-order valence-electron chi connectivity index (χ2n) is 4.19. The molecule has 4 N–H and O–H groups in total. The number of aromatic nitrogens is 4. The summed E-state index contributed by atoms with van der Waals surface area (Å²) in [6.45, 7) is 3.15. The Morgan fingerprint density at radius 1 is 1.58 bits per heavy atom.